The van der Waals surface area contributed by atoms with Crippen molar-refractivity contribution < 1.29 is 4.79 Å². The first-order chi connectivity index (χ1) is 16.9. The zero-order valence-corrected chi connectivity index (χ0v) is 22.8. The van der Waals surface area contributed by atoms with E-state index in [1.165, 1.54) is 17.3 Å². The summed E-state index contributed by atoms with van der Waals surface area (Å²) in [7, 11) is 0. The lowest BCUT2D eigenvalue weighted by Crippen LogP contribution is -2.22. The Morgan fingerprint density at radius 1 is 1.09 bits per heavy atom. The number of allylic oxidation sites excluding steroid dienone is 5. The number of carbonyl (C=O) groups is 1. The first-order valence-electron chi connectivity index (χ1n) is 12.1. The first-order valence-corrected chi connectivity index (χ1v) is 12.9. The van der Waals surface area contributed by atoms with E-state index in [4.69, 9.17) is 16.9 Å². The van der Waals surface area contributed by atoms with E-state index in [1.54, 1.807) is 18.2 Å². The molecule has 0 radical (unpaired) electrons. The Labute approximate surface area is 216 Å². The molecule has 0 aliphatic heterocycles. The minimum atomic E-state index is -0.286. The van der Waals surface area contributed by atoms with Gasteiger partial charge in [0.1, 0.15) is 0 Å². The number of amides is 1. The van der Waals surface area contributed by atoms with Crippen LogP contribution in [0.3, 0.4) is 0 Å². The van der Waals surface area contributed by atoms with Crippen molar-refractivity contribution in [1.82, 2.24) is 0 Å². The van der Waals surface area contributed by atoms with E-state index in [-0.39, 0.29) is 12.5 Å². The van der Waals surface area contributed by atoms with Crippen molar-refractivity contribution in [2.75, 3.05) is 17.6 Å². The lowest BCUT2D eigenvalue weighted by Gasteiger charge is -2.14. The fraction of sp³-hybridized carbons (Fsp3) is 0.310. The standard InChI is InChI=1S/C20H28N4OS.C7H8.C2H6/c1-4-7-9-15(8-5-2)26-18(6-3)20(23)16-12-14(10-11-17(16)22)24-19(25)13-21;1-7-5-3-2-4-6-7;1-2/h6-12,23H,4-5,13,21-22H2,1-3H3,(H,24,25);2-6H,1H3;1-2H3/b9-7-,15-8+,18-6-,23-20?;;. The van der Waals surface area contributed by atoms with Crippen LogP contribution in [0.2, 0.25) is 0 Å². The number of hydrogen-bond donors (Lipinski definition) is 4. The molecule has 5 nitrogen and oxygen atoms in total. The summed E-state index contributed by atoms with van der Waals surface area (Å²) < 4.78 is 0. The van der Waals surface area contributed by atoms with Crippen molar-refractivity contribution in [3.05, 3.63) is 93.8 Å². The molecule has 0 heterocycles. The summed E-state index contributed by atoms with van der Waals surface area (Å²) in [5, 5.41) is 11.3. The molecule has 0 aliphatic rings. The maximum atomic E-state index is 11.5. The van der Waals surface area contributed by atoms with Gasteiger partial charge in [-0.3, -0.25) is 10.2 Å². The Hall–Kier alpha value is -3.09. The van der Waals surface area contributed by atoms with E-state index in [0.717, 1.165) is 22.7 Å². The average molecular weight is 495 g/mol. The lowest BCUT2D eigenvalue weighted by atomic mass is 10.1. The number of carbonyl (C=O) groups excluding carboxylic acids is 1. The molecule has 0 aromatic heterocycles. The van der Waals surface area contributed by atoms with Gasteiger partial charge in [-0.05, 0) is 44.9 Å². The van der Waals surface area contributed by atoms with Crippen LogP contribution in [-0.4, -0.2) is 18.2 Å². The molecule has 1 amide bonds. The SMILES string of the molecule is C/C=C(\SC(/C=C\CC)=C/CC)C(=N)c1cc(NC(=O)CN)ccc1N.CC.Cc1ccccc1. The third kappa shape index (κ3) is 12.8. The number of nitrogens with two attached hydrogens (primary N) is 2. The molecular formula is C29H42N4OS. The summed E-state index contributed by atoms with van der Waals surface area (Å²) in [6, 6.07) is 15.4. The Morgan fingerprint density at radius 2 is 1.74 bits per heavy atom. The van der Waals surface area contributed by atoms with Gasteiger partial charge in [-0.2, -0.15) is 0 Å². The lowest BCUT2D eigenvalue weighted by molar-refractivity contribution is -0.114. The van der Waals surface area contributed by atoms with Gasteiger partial charge in [0.25, 0.3) is 0 Å². The highest BCUT2D eigenvalue weighted by atomic mass is 32.2. The molecule has 0 atom stereocenters. The van der Waals surface area contributed by atoms with Gasteiger partial charge in [0.2, 0.25) is 5.91 Å². The Bertz CT molecular complexity index is 995. The molecule has 2 rings (SSSR count). The van der Waals surface area contributed by atoms with Gasteiger partial charge >= 0.3 is 0 Å². The third-order valence-corrected chi connectivity index (χ3v) is 5.59. The Morgan fingerprint density at radius 3 is 2.23 bits per heavy atom. The van der Waals surface area contributed by atoms with Gasteiger partial charge in [-0.15, -0.1) is 0 Å². The van der Waals surface area contributed by atoms with Crippen LogP contribution in [-0.2, 0) is 4.79 Å². The number of benzene rings is 2. The largest absolute Gasteiger partial charge is 0.398 e. The normalized spacial score (nSPS) is 11.2. The number of aryl methyl sites for hydroxylation is 1. The zero-order valence-electron chi connectivity index (χ0n) is 22.0. The minimum absolute atomic E-state index is 0.0952. The molecule has 0 spiro atoms. The van der Waals surface area contributed by atoms with Gasteiger partial charge < -0.3 is 16.8 Å². The predicted molar refractivity (Wildman–Crippen MR) is 157 cm³/mol. The van der Waals surface area contributed by atoms with Crippen molar-refractivity contribution in [1.29, 1.82) is 5.41 Å². The van der Waals surface area contributed by atoms with Gasteiger partial charge in [0.15, 0.2) is 0 Å². The van der Waals surface area contributed by atoms with Crippen molar-refractivity contribution in [3.8, 4) is 0 Å². The summed E-state index contributed by atoms with van der Waals surface area (Å²) in [6.07, 6.45) is 10.1. The van der Waals surface area contributed by atoms with E-state index in [2.05, 4.69) is 56.4 Å². The van der Waals surface area contributed by atoms with Crippen molar-refractivity contribution in [2.24, 2.45) is 5.73 Å². The maximum Gasteiger partial charge on any atom is 0.238 e. The van der Waals surface area contributed by atoms with Crippen LogP contribution in [0.1, 0.15) is 58.6 Å². The van der Waals surface area contributed by atoms with Crippen LogP contribution in [0.25, 0.3) is 0 Å². The number of rotatable bonds is 9. The molecule has 0 unspecified atom stereocenters. The van der Waals surface area contributed by atoms with Crippen LogP contribution in [0.15, 0.2) is 82.6 Å². The molecule has 6 N–H and O–H groups in total. The molecule has 2 aromatic rings. The van der Waals surface area contributed by atoms with E-state index < -0.39 is 0 Å². The van der Waals surface area contributed by atoms with E-state index >= 15 is 0 Å². The number of anilines is 2. The summed E-state index contributed by atoms with van der Waals surface area (Å²) in [4.78, 5) is 13.4. The number of thioether (sulfide) groups is 1. The topological polar surface area (TPSA) is 105 Å². The van der Waals surface area contributed by atoms with Crippen molar-refractivity contribution in [2.45, 2.75) is 54.4 Å². The van der Waals surface area contributed by atoms with Gasteiger partial charge in [0.05, 0.1) is 12.3 Å². The quantitative estimate of drug-likeness (QED) is 0.165. The smallest absolute Gasteiger partial charge is 0.238 e. The molecule has 35 heavy (non-hydrogen) atoms. The summed E-state index contributed by atoms with van der Waals surface area (Å²) >= 11 is 1.54. The summed E-state index contributed by atoms with van der Waals surface area (Å²) in [5.74, 6) is -0.286. The van der Waals surface area contributed by atoms with E-state index in [9.17, 15) is 4.79 Å². The highest BCUT2D eigenvalue weighted by molar-refractivity contribution is 8.07. The van der Waals surface area contributed by atoms with Crippen molar-refractivity contribution >= 4 is 34.8 Å². The molecule has 2 aromatic carbocycles. The van der Waals surface area contributed by atoms with E-state index in [0.29, 0.717) is 22.6 Å². The van der Waals surface area contributed by atoms with Crippen LogP contribution in [0.5, 0.6) is 0 Å². The molecule has 0 saturated heterocycles. The minimum Gasteiger partial charge on any atom is -0.398 e. The second-order valence-corrected chi connectivity index (χ2v) is 8.28. The van der Waals surface area contributed by atoms with Crippen molar-refractivity contribution in [3.63, 3.8) is 0 Å². The van der Waals surface area contributed by atoms with E-state index in [1.807, 2.05) is 45.0 Å². The van der Waals surface area contributed by atoms with Crippen LogP contribution in [0.4, 0.5) is 11.4 Å². The fourth-order valence-electron chi connectivity index (χ4n) is 2.69. The fourth-order valence-corrected chi connectivity index (χ4v) is 3.69. The Balaban J connectivity index is 0.00000108. The first kappa shape index (κ1) is 31.9. The number of nitrogens with one attached hydrogen (secondary N) is 2. The average Bonchev–Trinajstić information content (AvgIpc) is 2.88. The maximum absolute atomic E-state index is 11.5. The molecule has 0 aliphatic carbocycles. The highest BCUT2D eigenvalue weighted by Gasteiger charge is 2.14. The summed E-state index contributed by atoms with van der Waals surface area (Å²) in [6.45, 7) is 12.1. The molecule has 0 bridgehead atoms. The molecule has 0 fully saturated rings. The monoisotopic (exact) mass is 494 g/mol. The second-order valence-electron chi connectivity index (χ2n) is 7.16. The van der Waals surface area contributed by atoms with Crippen LogP contribution >= 0.6 is 11.8 Å². The van der Waals surface area contributed by atoms with Gasteiger partial charge in [-0.25, -0.2) is 0 Å². The van der Waals surface area contributed by atoms with Crippen LogP contribution in [0, 0.1) is 12.3 Å². The second kappa shape index (κ2) is 19.2. The molecule has 190 valence electrons. The van der Waals surface area contributed by atoms with Gasteiger partial charge in [-0.1, -0.05) is 99.7 Å². The number of hydrogen-bond acceptors (Lipinski definition) is 5. The number of nitrogen functional groups attached to an aromatic ring is 1. The highest BCUT2D eigenvalue weighted by Crippen LogP contribution is 2.32. The Kier molecular flexibility index (Phi) is 17.5. The zero-order chi connectivity index (χ0) is 26.6. The molecular weight excluding hydrogens is 452 g/mol. The third-order valence-electron chi connectivity index (χ3n) is 4.39. The molecule has 0 saturated carbocycles. The predicted octanol–water partition coefficient (Wildman–Crippen LogP) is 7.45. The summed E-state index contributed by atoms with van der Waals surface area (Å²) in [5.41, 5.74) is 14.7. The van der Waals surface area contributed by atoms with Crippen LogP contribution < -0.4 is 16.8 Å². The van der Waals surface area contributed by atoms with Gasteiger partial charge in [0, 0.05) is 26.7 Å². The molecule has 6 heteroatoms.